The van der Waals surface area contributed by atoms with E-state index in [1.807, 2.05) is 0 Å². The second-order valence-corrected chi connectivity index (χ2v) is 7.78. The van der Waals surface area contributed by atoms with Gasteiger partial charge in [0, 0.05) is 5.69 Å². The summed E-state index contributed by atoms with van der Waals surface area (Å²) in [6, 6.07) is 14.0. The summed E-state index contributed by atoms with van der Waals surface area (Å²) >= 11 is 5.69. The van der Waals surface area contributed by atoms with E-state index in [4.69, 9.17) is 11.6 Å². The Bertz CT molecular complexity index is 1150. The summed E-state index contributed by atoms with van der Waals surface area (Å²) in [5, 5.41) is 2.35. The number of hydrogen-bond donors (Lipinski definition) is 2. The second-order valence-electron chi connectivity index (χ2n) is 5.69. The van der Waals surface area contributed by atoms with Crippen LogP contribution in [0, 0.1) is 11.6 Å². The van der Waals surface area contributed by atoms with Crippen molar-refractivity contribution < 1.29 is 22.0 Å². The minimum absolute atomic E-state index is 0.00234. The summed E-state index contributed by atoms with van der Waals surface area (Å²) in [6.45, 7) is 0. The average Bonchev–Trinajstić information content (AvgIpc) is 2.65. The SMILES string of the molecule is O=C(Nc1ccc(F)c(Cl)c1)c1ccccc1NS(=O)(=O)c1cccc(F)c1. The molecule has 3 rings (SSSR count). The molecule has 0 aliphatic carbocycles. The Morgan fingerprint density at radius 3 is 2.39 bits per heavy atom. The van der Waals surface area contributed by atoms with Crippen molar-refractivity contribution in [3.63, 3.8) is 0 Å². The molecular weight excluding hydrogens is 410 g/mol. The second kappa shape index (κ2) is 7.95. The first-order valence-corrected chi connectivity index (χ1v) is 9.76. The van der Waals surface area contributed by atoms with Crippen LogP contribution in [0.1, 0.15) is 10.4 Å². The van der Waals surface area contributed by atoms with Crippen LogP contribution in [-0.4, -0.2) is 14.3 Å². The Morgan fingerprint density at radius 2 is 1.68 bits per heavy atom. The van der Waals surface area contributed by atoms with Crippen LogP contribution in [0.4, 0.5) is 20.2 Å². The highest BCUT2D eigenvalue weighted by atomic mass is 35.5. The van der Waals surface area contributed by atoms with Crippen LogP contribution < -0.4 is 10.0 Å². The third-order valence-corrected chi connectivity index (χ3v) is 5.35. The minimum atomic E-state index is -4.12. The van der Waals surface area contributed by atoms with Gasteiger partial charge in [-0.15, -0.1) is 0 Å². The number of benzene rings is 3. The topological polar surface area (TPSA) is 75.3 Å². The quantitative estimate of drug-likeness (QED) is 0.627. The van der Waals surface area contributed by atoms with E-state index < -0.39 is 27.6 Å². The standard InChI is InChI=1S/C19H13ClF2N2O3S/c20-16-11-13(8-9-17(16)22)23-19(25)15-6-1-2-7-18(15)24-28(26,27)14-5-3-4-12(21)10-14/h1-11,24H,(H,23,25). The number of carbonyl (C=O) groups excluding carboxylic acids is 1. The predicted octanol–water partition coefficient (Wildman–Crippen LogP) is 4.67. The van der Waals surface area contributed by atoms with Crippen molar-refractivity contribution in [2.45, 2.75) is 4.90 Å². The molecule has 0 saturated heterocycles. The smallest absolute Gasteiger partial charge is 0.262 e. The van der Waals surface area contributed by atoms with Crippen LogP contribution in [0.3, 0.4) is 0 Å². The van der Waals surface area contributed by atoms with Gasteiger partial charge in [0.15, 0.2) is 0 Å². The van der Waals surface area contributed by atoms with E-state index in [2.05, 4.69) is 10.0 Å². The van der Waals surface area contributed by atoms with E-state index in [0.29, 0.717) is 0 Å². The van der Waals surface area contributed by atoms with Crippen LogP contribution in [0.15, 0.2) is 71.6 Å². The Balaban J connectivity index is 1.88. The van der Waals surface area contributed by atoms with Crippen molar-refractivity contribution >= 4 is 38.9 Å². The molecule has 0 spiro atoms. The van der Waals surface area contributed by atoms with Crippen LogP contribution >= 0.6 is 11.6 Å². The van der Waals surface area contributed by atoms with Crippen molar-refractivity contribution in [2.24, 2.45) is 0 Å². The molecule has 0 atom stereocenters. The zero-order valence-electron chi connectivity index (χ0n) is 14.1. The van der Waals surface area contributed by atoms with Crippen molar-refractivity contribution in [2.75, 3.05) is 10.0 Å². The highest BCUT2D eigenvalue weighted by molar-refractivity contribution is 7.92. The normalized spacial score (nSPS) is 11.1. The van der Waals surface area contributed by atoms with Crippen molar-refractivity contribution in [1.82, 2.24) is 0 Å². The molecule has 0 fully saturated rings. The van der Waals surface area contributed by atoms with Crippen LogP contribution in [-0.2, 0) is 10.0 Å². The molecule has 28 heavy (non-hydrogen) atoms. The summed E-state index contributed by atoms with van der Waals surface area (Å²) in [5.74, 6) is -1.98. The average molecular weight is 423 g/mol. The molecule has 0 aliphatic rings. The lowest BCUT2D eigenvalue weighted by Crippen LogP contribution is -2.18. The Morgan fingerprint density at radius 1 is 0.929 bits per heavy atom. The summed E-state index contributed by atoms with van der Waals surface area (Å²) < 4.78 is 53.9. The molecule has 0 radical (unpaired) electrons. The molecule has 144 valence electrons. The third kappa shape index (κ3) is 4.47. The molecule has 0 heterocycles. The van der Waals surface area contributed by atoms with Crippen molar-refractivity contribution in [3.8, 4) is 0 Å². The number of nitrogens with one attached hydrogen (secondary N) is 2. The Hall–Kier alpha value is -2.97. The van der Waals surface area contributed by atoms with Gasteiger partial charge in [-0.1, -0.05) is 29.8 Å². The summed E-state index contributed by atoms with van der Waals surface area (Å²) in [4.78, 5) is 12.3. The molecule has 3 aromatic carbocycles. The van der Waals surface area contributed by atoms with Gasteiger partial charge in [0.2, 0.25) is 0 Å². The fourth-order valence-corrected chi connectivity index (χ4v) is 3.67. The van der Waals surface area contributed by atoms with Crippen molar-refractivity contribution in [3.05, 3.63) is 89.0 Å². The highest BCUT2D eigenvalue weighted by Crippen LogP contribution is 2.23. The van der Waals surface area contributed by atoms with Gasteiger partial charge in [-0.25, -0.2) is 17.2 Å². The third-order valence-electron chi connectivity index (χ3n) is 3.70. The van der Waals surface area contributed by atoms with Gasteiger partial charge in [0.05, 0.1) is 21.2 Å². The number of para-hydroxylation sites is 1. The molecule has 0 unspecified atom stereocenters. The molecule has 5 nitrogen and oxygen atoms in total. The van der Waals surface area contributed by atoms with Crippen molar-refractivity contribution in [1.29, 1.82) is 0 Å². The maximum atomic E-state index is 13.4. The van der Waals surface area contributed by atoms with Crippen LogP contribution in [0.2, 0.25) is 5.02 Å². The first kappa shape index (κ1) is 19.8. The number of amides is 1. The van der Waals surface area contributed by atoms with Gasteiger partial charge in [-0.05, 0) is 48.5 Å². The number of hydrogen-bond acceptors (Lipinski definition) is 3. The maximum absolute atomic E-state index is 13.4. The first-order chi connectivity index (χ1) is 13.3. The zero-order valence-corrected chi connectivity index (χ0v) is 15.7. The monoisotopic (exact) mass is 422 g/mol. The van der Waals surface area contributed by atoms with E-state index in [-0.39, 0.29) is 26.9 Å². The largest absolute Gasteiger partial charge is 0.322 e. The molecule has 0 aromatic heterocycles. The lowest BCUT2D eigenvalue weighted by atomic mass is 10.1. The molecule has 2 N–H and O–H groups in total. The van der Waals surface area contributed by atoms with Gasteiger partial charge >= 0.3 is 0 Å². The molecule has 0 saturated carbocycles. The summed E-state index contributed by atoms with van der Waals surface area (Å²) in [6.07, 6.45) is 0. The van der Waals surface area contributed by atoms with E-state index in [1.165, 1.54) is 42.5 Å². The highest BCUT2D eigenvalue weighted by Gasteiger charge is 2.19. The van der Waals surface area contributed by atoms with E-state index in [1.54, 1.807) is 6.07 Å². The molecular formula is C19H13ClF2N2O3S. The first-order valence-electron chi connectivity index (χ1n) is 7.90. The number of halogens is 3. The molecule has 0 bridgehead atoms. The number of anilines is 2. The van der Waals surface area contributed by atoms with Gasteiger partial charge in [-0.3, -0.25) is 9.52 Å². The van der Waals surface area contributed by atoms with Gasteiger partial charge in [-0.2, -0.15) is 0 Å². The Kier molecular flexibility index (Phi) is 5.62. The summed E-state index contributed by atoms with van der Waals surface area (Å²) in [7, 11) is -4.12. The van der Waals surface area contributed by atoms with E-state index in [0.717, 1.165) is 18.2 Å². The molecule has 1 amide bonds. The van der Waals surface area contributed by atoms with Crippen LogP contribution in [0.25, 0.3) is 0 Å². The molecule has 9 heteroatoms. The lowest BCUT2D eigenvalue weighted by Gasteiger charge is -2.13. The number of carbonyl (C=O) groups is 1. The lowest BCUT2D eigenvalue weighted by molar-refractivity contribution is 0.102. The number of rotatable bonds is 5. The Labute approximate surface area is 165 Å². The molecule has 3 aromatic rings. The zero-order chi connectivity index (χ0) is 20.3. The maximum Gasteiger partial charge on any atom is 0.262 e. The van der Waals surface area contributed by atoms with Gasteiger partial charge in [0.1, 0.15) is 11.6 Å². The minimum Gasteiger partial charge on any atom is -0.322 e. The van der Waals surface area contributed by atoms with E-state index >= 15 is 0 Å². The summed E-state index contributed by atoms with van der Waals surface area (Å²) in [5.41, 5.74) is 0.250. The fraction of sp³-hybridized carbons (Fsp3) is 0. The van der Waals surface area contributed by atoms with Crippen LogP contribution in [0.5, 0.6) is 0 Å². The van der Waals surface area contributed by atoms with Gasteiger partial charge < -0.3 is 5.32 Å². The predicted molar refractivity (Wildman–Crippen MR) is 103 cm³/mol. The molecule has 0 aliphatic heterocycles. The number of sulfonamides is 1. The van der Waals surface area contributed by atoms with Gasteiger partial charge in [0.25, 0.3) is 15.9 Å². The van der Waals surface area contributed by atoms with E-state index in [9.17, 15) is 22.0 Å². The fourth-order valence-electron chi connectivity index (χ4n) is 2.38.